The Hall–Kier alpha value is -2.49. The molecule has 1 heterocycles. The number of carbonyl (C=O) groups is 2. The van der Waals surface area contributed by atoms with E-state index in [0.717, 1.165) is 11.8 Å². The van der Waals surface area contributed by atoms with Crippen LogP contribution >= 0.6 is 0 Å². The van der Waals surface area contributed by atoms with Crippen molar-refractivity contribution in [2.75, 3.05) is 0 Å². The summed E-state index contributed by atoms with van der Waals surface area (Å²) in [4.78, 5) is 25.7. The zero-order chi connectivity index (χ0) is 12.3. The number of nitrogens with two attached hydrogens (primary N) is 1. The Morgan fingerprint density at radius 1 is 1.18 bits per heavy atom. The van der Waals surface area contributed by atoms with Crippen molar-refractivity contribution in [2.45, 2.75) is 0 Å². The van der Waals surface area contributed by atoms with Gasteiger partial charge in [-0.2, -0.15) is 0 Å². The quantitative estimate of drug-likeness (QED) is 0.809. The molecule has 1 aromatic heterocycles. The molecule has 1 aromatic carbocycles. The Kier molecular flexibility index (Phi) is 2.96. The van der Waals surface area contributed by atoms with E-state index >= 15 is 0 Å². The van der Waals surface area contributed by atoms with Gasteiger partial charge < -0.3 is 5.73 Å². The number of carbonyl (C=O) groups excluding carboxylic acids is 2. The van der Waals surface area contributed by atoms with Crippen molar-refractivity contribution in [3.63, 3.8) is 0 Å². The fourth-order valence-electron chi connectivity index (χ4n) is 1.47. The van der Waals surface area contributed by atoms with Gasteiger partial charge in [0, 0.05) is 22.9 Å². The van der Waals surface area contributed by atoms with Crippen LogP contribution in [0, 0.1) is 0 Å². The molecule has 4 nitrogen and oxygen atoms in total. The van der Waals surface area contributed by atoms with Crippen molar-refractivity contribution in [3.05, 3.63) is 53.7 Å². The standard InChI is InChI=1S/C13H10N2O2/c14-13(17)11-5-6-15-12(7-11)10-3-1-9(8-16)2-4-10/h1-8H,(H2,14,17). The van der Waals surface area contributed by atoms with Gasteiger partial charge in [0.05, 0.1) is 5.69 Å². The third kappa shape index (κ3) is 2.36. The van der Waals surface area contributed by atoms with Gasteiger partial charge in [0.1, 0.15) is 6.29 Å². The van der Waals surface area contributed by atoms with E-state index in [-0.39, 0.29) is 0 Å². The lowest BCUT2D eigenvalue weighted by Gasteiger charge is -2.02. The first-order chi connectivity index (χ1) is 8.20. The molecule has 0 spiro atoms. The average molecular weight is 226 g/mol. The van der Waals surface area contributed by atoms with E-state index < -0.39 is 5.91 Å². The van der Waals surface area contributed by atoms with Crippen molar-refractivity contribution in [2.24, 2.45) is 5.73 Å². The van der Waals surface area contributed by atoms with Crippen LogP contribution in [0.15, 0.2) is 42.6 Å². The molecule has 84 valence electrons. The summed E-state index contributed by atoms with van der Waals surface area (Å²) in [5.41, 5.74) is 7.69. The van der Waals surface area contributed by atoms with Gasteiger partial charge in [-0.25, -0.2) is 0 Å². The third-order valence-corrected chi connectivity index (χ3v) is 2.39. The van der Waals surface area contributed by atoms with Crippen molar-refractivity contribution in [3.8, 4) is 11.3 Å². The van der Waals surface area contributed by atoms with Crippen LogP contribution in [0.3, 0.4) is 0 Å². The second kappa shape index (κ2) is 4.57. The molecular weight excluding hydrogens is 216 g/mol. The summed E-state index contributed by atoms with van der Waals surface area (Å²) in [6.07, 6.45) is 2.31. The summed E-state index contributed by atoms with van der Waals surface area (Å²) in [6, 6.07) is 10.1. The molecule has 17 heavy (non-hydrogen) atoms. The number of nitrogens with zero attached hydrogens (tertiary/aromatic N) is 1. The molecule has 0 atom stereocenters. The van der Waals surface area contributed by atoms with E-state index in [1.54, 1.807) is 36.4 Å². The second-order valence-electron chi connectivity index (χ2n) is 3.53. The molecule has 1 amide bonds. The van der Waals surface area contributed by atoms with E-state index in [9.17, 15) is 9.59 Å². The van der Waals surface area contributed by atoms with Crippen molar-refractivity contribution >= 4 is 12.2 Å². The van der Waals surface area contributed by atoms with Gasteiger partial charge in [0.15, 0.2) is 0 Å². The maximum atomic E-state index is 11.0. The summed E-state index contributed by atoms with van der Waals surface area (Å²) < 4.78 is 0. The smallest absolute Gasteiger partial charge is 0.248 e. The van der Waals surface area contributed by atoms with E-state index in [1.807, 2.05) is 0 Å². The van der Waals surface area contributed by atoms with Gasteiger partial charge >= 0.3 is 0 Å². The minimum absolute atomic E-state index is 0.412. The predicted molar refractivity (Wildman–Crippen MR) is 63.6 cm³/mol. The summed E-state index contributed by atoms with van der Waals surface area (Å²) in [5.74, 6) is -0.488. The largest absolute Gasteiger partial charge is 0.366 e. The molecule has 2 N–H and O–H groups in total. The fraction of sp³-hybridized carbons (Fsp3) is 0. The van der Waals surface area contributed by atoms with Crippen LogP contribution in [-0.4, -0.2) is 17.2 Å². The second-order valence-corrected chi connectivity index (χ2v) is 3.53. The number of benzene rings is 1. The minimum atomic E-state index is -0.488. The van der Waals surface area contributed by atoms with Gasteiger partial charge in [0.2, 0.25) is 5.91 Å². The van der Waals surface area contributed by atoms with Crippen molar-refractivity contribution in [1.29, 1.82) is 0 Å². The number of rotatable bonds is 3. The number of aromatic nitrogens is 1. The van der Waals surface area contributed by atoms with E-state index in [4.69, 9.17) is 5.73 Å². The summed E-state index contributed by atoms with van der Waals surface area (Å²) >= 11 is 0. The SMILES string of the molecule is NC(=O)c1ccnc(-c2ccc(C=O)cc2)c1. The molecule has 2 aromatic rings. The first-order valence-corrected chi connectivity index (χ1v) is 5.02. The van der Waals surface area contributed by atoms with Crippen LogP contribution < -0.4 is 5.73 Å². The molecule has 0 radical (unpaired) electrons. The Morgan fingerprint density at radius 2 is 1.88 bits per heavy atom. The fourth-order valence-corrected chi connectivity index (χ4v) is 1.47. The Morgan fingerprint density at radius 3 is 2.47 bits per heavy atom. The lowest BCUT2D eigenvalue weighted by molar-refractivity contribution is 0.0999. The molecular formula is C13H10N2O2. The number of pyridine rings is 1. The van der Waals surface area contributed by atoms with E-state index in [2.05, 4.69) is 4.98 Å². The summed E-state index contributed by atoms with van der Waals surface area (Å²) in [5, 5.41) is 0. The maximum Gasteiger partial charge on any atom is 0.248 e. The normalized spacial score (nSPS) is 9.88. The molecule has 2 rings (SSSR count). The number of hydrogen-bond acceptors (Lipinski definition) is 3. The molecule has 0 unspecified atom stereocenters. The molecule has 4 heteroatoms. The molecule has 0 aliphatic carbocycles. The highest BCUT2D eigenvalue weighted by Gasteiger charge is 2.04. The Balaban J connectivity index is 2.41. The van der Waals surface area contributed by atoms with Gasteiger partial charge in [-0.1, -0.05) is 24.3 Å². The van der Waals surface area contributed by atoms with Crippen LogP contribution in [0.1, 0.15) is 20.7 Å². The van der Waals surface area contributed by atoms with Gasteiger partial charge in [0.25, 0.3) is 0 Å². The number of hydrogen-bond donors (Lipinski definition) is 1. The lowest BCUT2D eigenvalue weighted by atomic mass is 10.1. The molecule has 0 saturated carbocycles. The van der Waals surface area contributed by atoms with E-state index in [0.29, 0.717) is 16.8 Å². The highest BCUT2D eigenvalue weighted by molar-refractivity contribution is 5.93. The number of amides is 1. The van der Waals surface area contributed by atoms with Crippen LogP contribution in [0.25, 0.3) is 11.3 Å². The van der Waals surface area contributed by atoms with Crippen LogP contribution in [0.5, 0.6) is 0 Å². The van der Waals surface area contributed by atoms with E-state index in [1.165, 1.54) is 6.20 Å². The van der Waals surface area contributed by atoms with Gasteiger partial charge in [-0.3, -0.25) is 14.6 Å². The van der Waals surface area contributed by atoms with Crippen LogP contribution in [0.4, 0.5) is 0 Å². The Labute approximate surface area is 98.1 Å². The first-order valence-electron chi connectivity index (χ1n) is 5.02. The summed E-state index contributed by atoms with van der Waals surface area (Å²) in [6.45, 7) is 0. The zero-order valence-corrected chi connectivity index (χ0v) is 8.96. The molecule has 0 bridgehead atoms. The zero-order valence-electron chi connectivity index (χ0n) is 8.96. The topological polar surface area (TPSA) is 73.1 Å². The third-order valence-electron chi connectivity index (χ3n) is 2.39. The lowest BCUT2D eigenvalue weighted by Crippen LogP contribution is -2.10. The summed E-state index contributed by atoms with van der Waals surface area (Å²) in [7, 11) is 0. The monoisotopic (exact) mass is 226 g/mol. The van der Waals surface area contributed by atoms with Crippen molar-refractivity contribution < 1.29 is 9.59 Å². The maximum absolute atomic E-state index is 11.0. The molecule has 0 aliphatic rings. The highest BCUT2D eigenvalue weighted by Crippen LogP contribution is 2.17. The minimum Gasteiger partial charge on any atom is -0.366 e. The van der Waals surface area contributed by atoms with Crippen LogP contribution in [-0.2, 0) is 0 Å². The predicted octanol–water partition coefficient (Wildman–Crippen LogP) is 1.66. The first kappa shape index (κ1) is 11.0. The van der Waals surface area contributed by atoms with Crippen LogP contribution in [0.2, 0.25) is 0 Å². The highest BCUT2D eigenvalue weighted by atomic mass is 16.1. The van der Waals surface area contributed by atoms with Gasteiger partial charge in [-0.05, 0) is 12.1 Å². The molecule has 0 aliphatic heterocycles. The number of primary amides is 1. The molecule has 0 fully saturated rings. The number of aldehydes is 1. The molecule has 0 saturated heterocycles. The van der Waals surface area contributed by atoms with Crippen molar-refractivity contribution in [1.82, 2.24) is 4.98 Å². The Bertz CT molecular complexity index is 562. The van der Waals surface area contributed by atoms with Gasteiger partial charge in [-0.15, -0.1) is 0 Å². The average Bonchev–Trinajstić information content (AvgIpc) is 2.39.